The Kier molecular flexibility index (Phi) is 5.36. The van der Waals surface area contributed by atoms with Gasteiger partial charge in [0.2, 0.25) is 0 Å². The van der Waals surface area contributed by atoms with Gasteiger partial charge in [0, 0.05) is 30.7 Å². The van der Waals surface area contributed by atoms with Crippen LogP contribution in [0.4, 0.5) is 0 Å². The lowest BCUT2D eigenvalue weighted by Crippen LogP contribution is -2.50. The van der Waals surface area contributed by atoms with Gasteiger partial charge in [-0.05, 0) is 44.1 Å². The molecule has 0 bridgehead atoms. The summed E-state index contributed by atoms with van der Waals surface area (Å²) >= 11 is 0. The Hall–Kier alpha value is -1.10. The first-order valence-corrected chi connectivity index (χ1v) is 9.69. The quantitative estimate of drug-likeness (QED) is 0.842. The number of hydrogen-bond donors (Lipinski definition) is 2. The Labute approximate surface area is 145 Å². The van der Waals surface area contributed by atoms with Crippen molar-refractivity contribution in [3.63, 3.8) is 0 Å². The molecule has 0 aromatic heterocycles. The Bertz CT molecular complexity index is 526. The Morgan fingerprint density at radius 2 is 2.00 bits per heavy atom. The molecular formula is C20H30N2O2. The van der Waals surface area contributed by atoms with Crippen molar-refractivity contribution < 1.29 is 9.47 Å². The van der Waals surface area contributed by atoms with Gasteiger partial charge in [-0.25, -0.2) is 0 Å². The van der Waals surface area contributed by atoms with Crippen LogP contribution in [0.25, 0.3) is 0 Å². The molecule has 3 aliphatic rings. The van der Waals surface area contributed by atoms with Gasteiger partial charge in [0.1, 0.15) is 5.75 Å². The van der Waals surface area contributed by atoms with Crippen molar-refractivity contribution in [3.05, 3.63) is 29.8 Å². The highest BCUT2D eigenvalue weighted by Gasteiger charge is 2.34. The van der Waals surface area contributed by atoms with Crippen LogP contribution in [-0.4, -0.2) is 37.9 Å². The second-order valence-corrected chi connectivity index (χ2v) is 7.50. The maximum atomic E-state index is 6.17. The van der Waals surface area contributed by atoms with E-state index in [0.29, 0.717) is 24.1 Å². The van der Waals surface area contributed by atoms with Crippen molar-refractivity contribution in [2.75, 3.05) is 19.8 Å². The molecule has 3 unspecified atom stereocenters. The summed E-state index contributed by atoms with van der Waals surface area (Å²) in [6.07, 6.45) is 8.06. The van der Waals surface area contributed by atoms with Crippen molar-refractivity contribution >= 4 is 0 Å². The van der Waals surface area contributed by atoms with E-state index in [1.165, 1.54) is 44.1 Å². The molecule has 2 N–H and O–H groups in total. The molecule has 0 radical (unpaired) electrons. The number of para-hydroxylation sites is 1. The van der Waals surface area contributed by atoms with E-state index in [4.69, 9.17) is 9.47 Å². The largest absolute Gasteiger partial charge is 0.490 e. The average molecular weight is 330 g/mol. The number of nitrogens with one attached hydrogen (secondary N) is 2. The van der Waals surface area contributed by atoms with Gasteiger partial charge >= 0.3 is 0 Å². The summed E-state index contributed by atoms with van der Waals surface area (Å²) in [4.78, 5) is 0. The number of rotatable bonds is 6. The average Bonchev–Trinajstić information content (AvgIpc) is 3.06. The first-order valence-electron chi connectivity index (χ1n) is 9.69. The SMILES string of the molecule is c1ccc(OC2CCC2)c(CNC2CCCC2C2COCCN2)c1. The van der Waals surface area contributed by atoms with Gasteiger partial charge in [0.15, 0.2) is 0 Å². The molecule has 132 valence electrons. The van der Waals surface area contributed by atoms with Crippen LogP contribution < -0.4 is 15.4 Å². The van der Waals surface area contributed by atoms with Gasteiger partial charge in [0.05, 0.1) is 19.3 Å². The van der Waals surface area contributed by atoms with Crippen molar-refractivity contribution in [1.82, 2.24) is 10.6 Å². The second-order valence-electron chi connectivity index (χ2n) is 7.50. The van der Waals surface area contributed by atoms with Crippen LogP contribution in [0.2, 0.25) is 0 Å². The molecule has 0 spiro atoms. The summed E-state index contributed by atoms with van der Waals surface area (Å²) in [6, 6.07) is 9.62. The first kappa shape index (κ1) is 16.4. The summed E-state index contributed by atoms with van der Waals surface area (Å²) in [5.74, 6) is 1.76. The van der Waals surface area contributed by atoms with E-state index < -0.39 is 0 Å². The topological polar surface area (TPSA) is 42.5 Å². The van der Waals surface area contributed by atoms with E-state index in [-0.39, 0.29) is 0 Å². The van der Waals surface area contributed by atoms with Gasteiger partial charge in [-0.3, -0.25) is 0 Å². The molecule has 2 saturated carbocycles. The lowest BCUT2D eigenvalue weighted by molar-refractivity contribution is 0.0523. The minimum absolute atomic E-state index is 0.439. The fourth-order valence-electron chi connectivity index (χ4n) is 4.26. The molecule has 1 aromatic rings. The van der Waals surface area contributed by atoms with Crippen LogP contribution in [-0.2, 0) is 11.3 Å². The zero-order valence-corrected chi connectivity index (χ0v) is 14.5. The third-order valence-corrected chi connectivity index (χ3v) is 5.91. The van der Waals surface area contributed by atoms with Crippen LogP contribution in [0.3, 0.4) is 0 Å². The van der Waals surface area contributed by atoms with Gasteiger partial charge in [0.25, 0.3) is 0 Å². The maximum Gasteiger partial charge on any atom is 0.124 e. The van der Waals surface area contributed by atoms with Crippen LogP contribution in [0.15, 0.2) is 24.3 Å². The van der Waals surface area contributed by atoms with E-state index >= 15 is 0 Å². The minimum Gasteiger partial charge on any atom is -0.490 e. The summed E-state index contributed by atoms with van der Waals surface area (Å²) in [5.41, 5.74) is 1.29. The summed E-state index contributed by atoms with van der Waals surface area (Å²) < 4.78 is 11.8. The number of morpholine rings is 1. The normalized spacial score (nSPS) is 30.9. The molecule has 1 saturated heterocycles. The predicted molar refractivity (Wildman–Crippen MR) is 95.3 cm³/mol. The van der Waals surface area contributed by atoms with E-state index in [1.807, 2.05) is 0 Å². The molecule has 24 heavy (non-hydrogen) atoms. The zero-order valence-electron chi connectivity index (χ0n) is 14.5. The highest BCUT2D eigenvalue weighted by Crippen LogP contribution is 2.31. The Morgan fingerprint density at radius 1 is 1.12 bits per heavy atom. The number of benzene rings is 1. The van der Waals surface area contributed by atoms with Gasteiger partial charge < -0.3 is 20.1 Å². The molecule has 4 nitrogen and oxygen atoms in total. The van der Waals surface area contributed by atoms with Crippen molar-refractivity contribution in [3.8, 4) is 5.75 Å². The molecular weight excluding hydrogens is 300 g/mol. The molecule has 3 fully saturated rings. The zero-order chi connectivity index (χ0) is 16.2. The molecule has 1 heterocycles. The highest BCUT2D eigenvalue weighted by molar-refractivity contribution is 5.33. The third kappa shape index (κ3) is 3.76. The predicted octanol–water partition coefficient (Wildman–Crippen LogP) is 2.86. The van der Waals surface area contributed by atoms with Gasteiger partial charge in [-0.2, -0.15) is 0 Å². The molecule has 4 rings (SSSR count). The summed E-state index contributed by atoms with van der Waals surface area (Å²) in [6.45, 7) is 3.61. The monoisotopic (exact) mass is 330 g/mol. The lowest BCUT2D eigenvalue weighted by atomic mass is 9.93. The van der Waals surface area contributed by atoms with E-state index in [9.17, 15) is 0 Å². The molecule has 1 aromatic carbocycles. The number of hydrogen-bond acceptors (Lipinski definition) is 4. The van der Waals surface area contributed by atoms with Crippen molar-refractivity contribution in [1.29, 1.82) is 0 Å². The number of ether oxygens (including phenoxy) is 2. The standard InChI is InChI=1S/C20H30N2O2/c1-2-10-20(24-16-6-3-7-16)15(5-1)13-22-18-9-4-8-17(18)19-14-23-12-11-21-19/h1-2,5,10,16-19,21-22H,3-4,6-9,11-14H2. The molecule has 2 aliphatic carbocycles. The van der Waals surface area contributed by atoms with Gasteiger partial charge in [-0.15, -0.1) is 0 Å². The van der Waals surface area contributed by atoms with E-state index in [0.717, 1.165) is 32.1 Å². The second kappa shape index (κ2) is 7.85. The molecule has 4 heteroatoms. The molecule has 0 amide bonds. The van der Waals surface area contributed by atoms with Gasteiger partial charge in [-0.1, -0.05) is 24.6 Å². The third-order valence-electron chi connectivity index (χ3n) is 5.91. The fraction of sp³-hybridized carbons (Fsp3) is 0.700. The maximum absolute atomic E-state index is 6.17. The van der Waals surface area contributed by atoms with Crippen LogP contribution in [0.1, 0.15) is 44.1 Å². The Morgan fingerprint density at radius 3 is 2.79 bits per heavy atom. The molecule has 3 atom stereocenters. The minimum atomic E-state index is 0.439. The smallest absolute Gasteiger partial charge is 0.124 e. The summed E-state index contributed by atoms with van der Waals surface area (Å²) in [5, 5.41) is 7.47. The lowest BCUT2D eigenvalue weighted by Gasteiger charge is -2.33. The molecule has 1 aliphatic heterocycles. The van der Waals surface area contributed by atoms with Crippen molar-refractivity contribution in [2.45, 2.75) is 63.3 Å². The summed E-state index contributed by atoms with van der Waals surface area (Å²) in [7, 11) is 0. The van der Waals surface area contributed by atoms with E-state index in [2.05, 4.69) is 34.9 Å². The highest BCUT2D eigenvalue weighted by atomic mass is 16.5. The van der Waals surface area contributed by atoms with E-state index in [1.54, 1.807) is 0 Å². The first-order chi connectivity index (χ1) is 11.9. The van der Waals surface area contributed by atoms with Crippen LogP contribution in [0, 0.1) is 5.92 Å². The van der Waals surface area contributed by atoms with Crippen LogP contribution >= 0.6 is 0 Å². The van der Waals surface area contributed by atoms with Crippen LogP contribution in [0.5, 0.6) is 5.75 Å². The fourth-order valence-corrected chi connectivity index (χ4v) is 4.26. The Balaban J connectivity index is 1.35. The van der Waals surface area contributed by atoms with Crippen molar-refractivity contribution in [2.24, 2.45) is 5.92 Å².